The van der Waals surface area contributed by atoms with Crippen LogP contribution in [0.1, 0.15) is 24.8 Å². The molecule has 112 valence electrons. The first-order chi connectivity index (χ1) is 8.98. The van der Waals surface area contributed by atoms with Gasteiger partial charge in [-0.15, -0.1) is 0 Å². The van der Waals surface area contributed by atoms with E-state index in [1.165, 1.54) is 0 Å². The Balaban J connectivity index is 0.00000200. The van der Waals surface area contributed by atoms with Gasteiger partial charge in [-0.2, -0.15) is 8.42 Å². The van der Waals surface area contributed by atoms with Crippen molar-refractivity contribution >= 4 is 10.1 Å². The molecule has 1 aromatic carbocycles. The van der Waals surface area contributed by atoms with Crippen LogP contribution in [0, 0.1) is 0 Å². The topological polar surface area (TPSA) is 77.8 Å². The first-order valence-electron chi connectivity index (χ1n) is 6.41. The van der Waals surface area contributed by atoms with Crippen molar-refractivity contribution in [3.05, 3.63) is 35.9 Å². The van der Waals surface area contributed by atoms with Crippen LogP contribution in [0.3, 0.4) is 0 Å². The maximum absolute atomic E-state index is 11.1. The van der Waals surface area contributed by atoms with E-state index in [2.05, 4.69) is 0 Å². The number of hydrogen-bond acceptors (Lipinski definition) is 4. The third kappa shape index (κ3) is 4.64. The largest absolute Gasteiger partial charge is 0.374 e. The first kappa shape index (κ1) is 17.8. The predicted molar refractivity (Wildman–Crippen MR) is 72.0 cm³/mol. The molecule has 2 N–H and O–H groups in total. The molecule has 1 aromatic rings. The van der Waals surface area contributed by atoms with Crippen molar-refractivity contribution in [3.8, 4) is 0 Å². The van der Waals surface area contributed by atoms with Gasteiger partial charge in [0.25, 0.3) is 10.1 Å². The normalized spacial score (nSPS) is 22.0. The molecule has 0 radical (unpaired) electrons. The van der Waals surface area contributed by atoms with Crippen LogP contribution in [-0.2, 0) is 37.7 Å². The van der Waals surface area contributed by atoms with Crippen molar-refractivity contribution in [1.82, 2.24) is 4.90 Å². The molecule has 0 saturated carbocycles. The van der Waals surface area contributed by atoms with Crippen LogP contribution < -0.4 is 0 Å². The van der Waals surface area contributed by atoms with Crippen LogP contribution in [0.5, 0.6) is 0 Å². The zero-order valence-electron chi connectivity index (χ0n) is 11.1. The number of rotatable bonds is 4. The minimum Gasteiger partial charge on any atom is -0.374 e. The summed E-state index contributed by atoms with van der Waals surface area (Å²) in [6.07, 6.45) is 2.41. The van der Waals surface area contributed by atoms with Gasteiger partial charge in [-0.05, 0) is 24.9 Å². The van der Waals surface area contributed by atoms with Crippen molar-refractivity contribution in [1.29, 1.82) is 0 Å². The van der Waals surface area contributed by atoms with Crippen molar-refractivity contribution < 1.29 is 39.1 Å². The van der Waals surface area contributed by atoms with E-state index >= 15 is 0 Å². The van der Waals surface area contributed by atoms with E-state index in [1.807, 2.05) is 35.2 Å². The van der Waals surface area contributed by atoms with Gasteiger partial charge in [0, 0.05) is 27.6 Å². The van der Waals surface area contributed by atoms with Gasteiger partial charge in [-0.1, -0.05) is 36.8 Å². The Hall–Kier alpha value is -0.262. The van der Waals surface area contributed by atoms with Gasteiger partial charge in [-0.25, -0.2) is 0 Å². The van der Waals surface area contributed by atoms with Gasteiger partial charge < -0.3 is 5.11 Å². The Labute approximate surface area is 134 Å². The van der Waals surface area contributed by atoms with E-state index in [4.69, 9.17) is 4.55 Å². The Bertz CT molecular complexity index is 508. The van der Waals surface area contributed by atoms with Crippen molar-refractivity contribution in [2.24, 2.45) is 0 Å². The van der Waals surface area contributed by atoms with E-state index < -0.39 is 21.6 Å². The fraction of sp³-hybridized carbons (Fsp3) is 0.538. The SMILES string of the molecule is O=S(=O)(O)C(O)[C@@H]1CCCCN1Cc1ccccc1.[W]. The first-order valence-corrected chi connectivity index (χ1v) is 7.91. The fourth-order valence-corrected chi connectivity index (χ4v) is 3.26. The van der Waals surface area contributed by atoms with Crippen LogP contribution in [0.15, 0.2) is 30.3 Å². The van der Waals surface area contributed by atoms with E-state index in [0.717, 1.165) is 24.9 Å². The molecule has 2 rings (SSSR count). The molecular weight excluding hydrogens is 450 g/mol. The average molecular weight is 469 g/mol. The number of nitrogens with zero attached hydrogens (tertiary/aromatic N) is 1. The van der Waals surface area contributed by atoms with E-state index in [1.54, 1.807) is 0 Å². The summed E-state index contributed by atoms with van der Waals surface area (Å²) in [5, 5.41) is 9.78. The minimum atomic E-state index is -4.41. The second kappa shape index (κ2) is 7.66. The molecule has 7 heteroatoms. The molecule has 0 aromatic heterocycles. The van der Waals surface area contributed by atoms with Crippen LogP contribution in [-0.4, -0.2) is 41.0 Å². The van der Waals surface area contributed by atoms with E-state index in [9.17, 15) is 13.5 Å². The third-order valence-corrected chi connectivity index (χ3v) is 4.45. The van der Waals surface area contributed by atoms with Crippen LogP contribution >= 0.6 is 0 Å². The Morgan fingerprint density at radius 2 is 1.90 bits per heavy atom. The molecule has 0 aliphatic carbocycles. The van der Waals surface area contributed by atoms with Gasteiger partial charge in [0.15, 0.2) is 5.44 Å². The predicted octanol–water partition coefficient (Wildman–Crippen LogP) is 1.24. The number of hydrogen-bond donors (Lipinski definition) is 2. The quantitative estimate of drug-likeness (QED) is 0.650. The molecule has 0 amide bonds. The summed E-state index contributed by atoms with van der Waals surface area (Å²) in [6.45, 7) is 1.31. The summed E-state index contributed by atoms with van der Waals surface area (Å²) in [5.41, 5.74) is -0.659. The molecule has 1 unspecified atom stereocenters. The fourth-order valence-electron chi connectivity index (χ4n) is 2.55. The summed E-state index contributed by atoms with van der Waals surface area (Å²) in [6, 6.07) is 9.16. The smallest absolute Gasteiger partial charge is 0.293 e. The van der Waals surface area contributed by atoms with Crippen LogP contribution in [0.2, 0.25) is 0 Å². The molecule has 1 aliphatic rings. The second-order valence-corrected chi connectivity index (χ2v) is 6.44. The second-order valence-electron chi connectivity index (χ2n) is 4.92. The van der Waals surface area contributed by atoms with E-state index in [-0.39, 0.29) is 21.1 Å². The molecule has 0 spiro atoms. The monoisotopic (exact) mass is 469 g/mol. The molecule has 1 aliphatic heterocycles. The molecule has 20 heavy (non-hydrogen) atoms. The molecule has 0 bridgehead atoms. The maximum atomic E-state index is 11.1. The Morgan fingerprint density at radius 1 is 1.25 bits per heavy atom. The standard InChI is InChI=1S/C13H19NO4S.W/c15-13(19(16,17)18)12-8-4-5-9-14(12)10-11-6-2-1-3-7-11;/h1-3,6-7,12-13,15H,4-5,8-10H2,(H,16,17,18);/t12-,13?;/m0./s1. The van der Waals surface area contributed by atoms with E-state index in [0.29, 0.717) is 13.0 Å². The number of aliphatic hydroxyl groups is 1. The minimum absolute atomic E-state index is 0. The number of aliphatic hydroxyl groups excluding tert-OH is 1. The third-order valence-electron chi connectivity index (χ3n) is 3.53. The Morgan fingerprint density at radius 3 is 2.50 bits per heavy atom. The average Bonchev–Trinajstić information content (AvgIpc) is 2.39. The van der Waals surface area contributed by atoms with Gasteiger partial charge >= 0.3 is 0 Å². The molecule has 1 heterocycles. The molecule has 2 atom stereocenters. The van der Waals surface area contributed by atoms with Crippen molar-refractivity contribution in [2.45, 2.75) is 37.3 Å². The van der Waals surface area contributed by atoms with Crippen molar-refractivity contribution in [2.75, 3.05) is 6.54 Å². The summed E-state index contributed by atoms with van der Waals surface area (Å²) in [5.74, 6) is 0. The van der Waals surface area contributed by atoms with Crippen molar-refractivity contribution in [3.63, 3.8) is 0 Å². The van der Waals surface area contributed by atoms with Gasteiger partial charge in [0.1, 0.15) is 0 Å². The Kier molecular flexibility index (Phi) is 6.82. The summed E-state index contributed by atoms with van der Waals surface area (Å²) in [4.78, 5) is 1.93. The molecule has 5 nitrogen and oxygen atoms in total. The zero-order chi connectivity index (χ0) is 13.9. The number of likely N-dealkylation sites (tertiary alicyclic amines) is 1. The number of piperidine rings is 1. The van der Waals surface area contributed by atoms with Gasteiger partial charge in [0.2, 0.25) is 0 Å². The summed E-state index contributed by atoms with van der Waals surface area (Å²) >= 11 is 0. The zero-order valence-corrected chi connectivity index (χ0v) is 14.8. The summed E-state index contributed by atoms with van der Waals surface area (Å²) < 4.78 is 31.2. The number of benzene rings is 1. The van der Waals surface area contributed by atoms with Gasteiger partial charge in [0.05, 0.1) is 6.04 Å². The van der Waals surface area contributed by atoms with Crippen LogP contribution in [0.25, 0.3) is 0 Å². The molecule has 1 fully saturated rings. The van der Waals surface area contributed by atoms with Crippen LogP contribution in [0.4, 0.5) is 0 Å². The maximum Gasteiger partial charge on any atom is 0.293 e. The molecule has 1 saturated heterocycles. The molecular formula is C13H19NO4SW. The van der Waals surface area contributed by atoms with Gasteiger partial charge in [-0.3, -0.25) is 9.45 Å². The summed E-state index contributed by atoms with van der Waals surface area (Å²) in [7, 11) is -4.41.